The van der Waals surface area contributed by atoms with E-state index in [0.29, 0.717) is 16.2 Å². The Kier molecular flexibility index (Phi) is 5.55. The average Bonchev–Trinajstić information content (AvgIpc) is 2.70. The number of alkyl halides is 1. The SMILES string of the molecule is C=C(C)[C@@H]1CC=C(C)[C@@](O)([C@@H](F)P(=O)(c2ccccc2)c2ccccc2)C1. The molecule has 0 amide bonds. The lowest BCUT2D eigenvalue weighted by Gasteiger charge is -2.41. The summed E-state index contributed by atoms with van der Waals surface area (Å²) in [5.41, 5.74) is -0.346. The molecule has 3 rings (SSSR count). The summed E-state index contributed by atoms with van der Waals surface area (Å²) >= 11 is 0. The zero-order valence-corrected chi connectivity index (χ0v) is 16.7. The van der Waals surface area contributed by atoms with Crippen LogP contribution in [0.3, 0.4) is 0 Å². The van der Waals surface area contributed by atoms with Gasteiger partial charge in [0, 0.05) is 10.6 Å². The zero-order valence-electron chi connectivity index (χ0n) is 15.8. The summed E-state index contributed by atoms with van der Waals surface area (Å²) < 4.78 is 30.5. The Labute approximate surface area is 160 Å². The van der Waals surface area contributed by atoms with Crippen LogP contribution in [-0.2, 0) is 4.57 Å². The van der Waals surface area contributed by atoms with Crippen LogP contribution < -0.4 is 10.6 Å². The van der Waals surface area contributed by atoms with Crippen LogP contribution in [0.4, 0.5) is 4.39 Å². The van der Waals surface area contributed by atoms with E-state index in [1.165, 1.54) is 0 Å². The molecule has 0 radical (unpaired) electrons. The third kappa shape index (κ3) is 3.47. The van der Waals surface area contributed by atoms with Crippen molar-refractivity contribution in [1.29, 1.82) is 0 Å². The number of hydrogen-bond acceptors (Lipinski definition) is 2. The smallest absolute Gasteiger partial charge is 0.193 e. The van der Waals surface area contributed by atoms with E-state index >= 15 is 4.39 Å². The molecule has 0 aromatic heterocycles. The van der Waals surface area contributed by atoms with E-state index in [0.717, 1.165) is 12.0 Å². The van der Waals surface area contributed by atoms with Crippen molar-refractivity contribution >= 4 is 17.8 Å². The number of aliphatic hydroxyl groups is 1. The van der Waals surface area contributed by atoms with Crippen molar-refractivity contribution in [3.63, 3.8) is 0 Å². The van der Waals surface area contributed by atoms with Crippen molar-refractivity contribution in [2.24, 2.45) is 5.92 Å². The highest BCUT2D eigenvalue weighted by molar-refractivity contribution is 7.79. The standard InChI is InChI=1S/C23H26FO2P/c1-17(2)19-15-14-18(3)23(25,16-19)22(24)27(26,20-10-6-4-7-11-20)21-12-8-5-9-13-21/h4-14,19,22,25H,1,15-16H2,2-3H3/t19-,22+,23-/m1/s1. The van der Waals surface area contributed by atoms with E-state index in [1.54, 1.807) is 55.5 Å². The van der Waals surface area contributed by atoms with Gasteiger partial charge in [0.1, 0.15) is 5.60 Å². The Hall–Kier alpha value is -1.96. The van der Waals surface area contributed by atoms with Gasteiger partial charge in [-0.2, -0.15) is 0 Å². The topological polar surface area (TPSA) is 37.3 Å². The van der Waals surface area contributed by atoms with Crippen LogP contribution in [0.5, 0.6) is 0 Å². The molecule has 0 saturated heterocycles. The van der Waals surface area contributed by atoms with Gasteiger partial charge in [0.05, 0.1) is 0 Å². The van der Waals surface area contributed by atoms with Gasteiger partial charge in [0.2, 0.25) is 0 Å². The van der Waals surface area contributed by atoms with Gasteiger partial charge in [-0.1, -0.05) is 78.9 Å². The van der Waals surface area contributed by atoms with E-state index in [9.17, 15) is 9.67 Å². The Morgan fingerprint density at radius 2 is 1.63 bits per heavy atom. The first-order chi connectivity index (χ1) is 12.8. The quantitative estimate of drug-likeness (QED) is 0.584. The first kappa shape index (κ1) is 19.8. The lowest BCUT2D eigenvalue weighted by atomic mass is 9.76. The Balaban J connectivity index is 2.16. The van der Waals surface area contributed by atoms with Crippen molar-refractivity contribution < 1.29 is 14.1 Å². The summed E-state index contributed by atoms with van der Waals surface area (Å²) in [4.78, 5) is 0. The summed E-state index contributed by atoms with van der Waals surface area (Å²) in [5.74, 6) is -1.97. The van der Waals surface area contributed by atoms with E-state index < -0.39 is 18.7 Å². The number of rotatable bonds is 5. The molecule has 0 spiro atoms. The molecule has 1 aliphatic rings. The zero-order chi connectivity index (χ0) is 19.7. The summed E-state index contributed by atoms with van der Waals surface area (Å²) in [6, 6.07) is 17.4. The van der Waals surface area contributed by atoms with Crippen LogP contribution in [0.25, 0.3) is 0 Å². The minimum absolute atomic E-state index is 0.0306. The minimum Gasteiger partial charge on any atom is -0.382 e. The molecule has 0 aliphatic heterocycles. The lowest BCUT2D eigenvalue weighted by molar-refractivity contribution is 0.00746. The second-order valence-corrected chi connectivity index (χ2v) is 10.3. The minimum atomic E-state index is -3.73. The van der Waals surface area contributed by atoms with E-state index in [1.807, 2.05) is 25.1 Å². The maximum absolute atomic E-state index is 16.2. The van der Waals surface area contributed by atoms with Crippen LogP contribution in [0, 0.1) is 5.92 Å². The van der Waals surface area contributed by atoms with Gasteiger partial charge in [-0.25, -0.2) is 4.39 Å². The third-order valence-electron chi connectivity index (χ3n) is 5.64. The van der Waals surface area contributed by atoms with Gasteiger partial charge in [-0.3, -0.25) is 0 Å². The fourth-order valence-corrected chi connectivity index (χ4v) is 6.75. The third-order valence-corrected chi connectivity index (χ3v) is 8.84. The molecule has 0 fully saturated rings. The molecular formula is C23H26FO2P. The van der Waals surface area contributed by atoms with Gasteiger partial charge in [0.15, 0.2) is 13.1 Å². The van der Waals surface area contributed by atoms with Crippen LogP contribution in [0.15, 0.2) is 84.5 Å². The van der Waals surface area contributed by atoms with Crippen LogP contribution in [-0.4, -0.2) is 16.6 Å². The van der Waals surface area contributed by atoms with E-state index in [-0.39, 0.29) is 12.3 Å². The molecule has 0 bridgehead atoms. The second-order valence-electron chi connectivity index (χ2n) is 7.46. The number of hydrogen-bond donors (Lipinski definition) is 1. The molecule has 27 heavy (non-hydrogen) atoms. The Morgan fingerprint density at radius 1 is 1.15 bits per heavy atom. The molecule has 2 nitrogen and oxygen atoms in total. The van der Waals surface area contributed by atoms with E-state index in [4.69, 9.17) is 0 Å². The number of benzene rings is 2. The monoisotopic (exact) mass is 384 g/mol. The predicted molar refractivity (Wildman–Crippen MR) is 111 cm³/mol. The molecule has 2 aromatic rings. The van der Waals surface area contributed by atoms with Crippen molar-refractivity contribution in [1.82, 2.24) is 0 Å². The first-order valence-electron chi connectivity index (χ1n) is 9.20. The highest BCUT2D eigenvalue weighted by Crippen LogP contribution is 2.57. The van der Waals surface area contributed by atoms with Gasteiger partial charge in [0.25, 0.3) is 0 Å². The van der Waals surface area contributed by atoms with Crippen LogP contribution in [0.2, 0.25) is 0 Å². The first-order valence-corrected chi connectivity index (χ1v) is 11.0. The fourth-order valence-electron chi connectivity index (χ4n) is 3.79. The maximum atomic E-state index is 16.2. The molecular weight excluding hydrogens is 358 g/mol. The fraction of sp³-hybridized carbons (Fsp3) is 0.304. The highest BCUT2D eigenvalue weighted by atomic mass is 31.2. The molecule has 1 aliphatic carbocycles. The lowest BCUT2D eigenvalue weighted by Crippen LogP contribution is -2.47. The predicted octanol–water partition coefficient (Wildman–Crippen LogP) is 4.96. The second kappa shape index (κ2) is 7.58. The van der Waals surface area contributed by atoms with Crippen molar-refractivity contribution in [3.05, 3.63) is 84.5 Å². The molecule has 2 aromatic carbocycles. The molecule has 3 atom stereocenters. The van der Waals surface area contributed by atoms with Crippen molar-refractivity contribution in [2.45, 2.75) is 38.2 Å². The van der Waals surface area contributed by atoms with Gasteiger partial charge in [-0.15, -0.1) is 0 Å². The summed E-state index contributed by atoms with van der Waals surface area (Å²) in [7, 11) is -3.73. The van der Waals surface area contributed by atoms with Gasteiger partial charge < -0.3 is 9.67 Å². The largest absolute Gasteiger partial charge is 0.382 e. The summed E-state index contributed by atoms with van der Waals surface area (Å²) in [6.07, 6.45) is 2.77. The summed E-state index contributed by atoms with van der Waals surface area (Å²) in [6.45, 7) is 7.59. The Bertz CT molecular complexity index is 848. The molecule has 1 N–H and O–H groups in total. The van der Waals surface area contributed by atoms with Gasteiger partial charge >= 0.3 is 0 Å². The van der Waals surface area contributed by atoms with Crippen molar-refractivity contribution in [3.8, 4) is 0 Å². The molecule has 142 valence electrons. The van der Waals surface area contributed by atoms with Crippen LogP contribution in [0.1, 0.15) is 26.7 Å². The molecule has 4 heteroatoms. The van der Waals surface area contributed by atoms with Crippen molar-refractivity contribution in [2.75, 3.05) is 0 Å². The molecule has 0 unspecified atom stereocenters. The Morgan fingerprint density at radius 3 is 2.07 bits per heavy atom. The maximum Gasteiger partial charge on any atom is 0.193 e. The summed E-state index contributed by atoms with van der Waals surface area (Å²) in [5, 5.41) is 12.3. The van der Waals surface area contributed by atoms with Gasteiger partial charge in [-0.05, 0) is 38.2 Å². The number of halogens is 1. The van der Waals surface area contributed by atoms with E-state index in [2.05, 4.69) is 6.58 Å². The van der Waals surface area contributed by atoms with Crippen LogP contribution >= 0.6 is 7.14 Å². The number of allylic oxidation sites excluding steroid dienone is 2. The normalized spacial score (nSPS) is 24.1. The highest BCUT2D eigenvalue weighted by Gasteiger charge is 2.53. The molecule has 0 saturated carbocycles. The average molecular weight is 384 g/mol. The molecule has 0 heterocycles.